The molecule has 0 aliphatic carbocycles. The molecule has 88 valence electrons. The van der Waals surface area contributed by atoms with E-state index >= 15 is 0 Å². The van der Waals surface area contributed by atoms with E-state index in [1.807, 2.05) is 26.0 Å². The third kappa shape index (κ3) is 3.42. The number of aryl methyl sites for hydroxylation is 2. The Morgan fingerprint density at radius 3 is 2.69 bits per heavy atom. The lowest BCUT2D eigenvalue weighted by Crippen LogP contribution is -2.17. The Kier molecular flexibility index (Phi) is 4.62. The van der Waals surface area contributed by atoms with Crippen molar-refractivity contribution in [3.8, 4) is 0 Å². The zero-order valence-electron chi connectivity index (χ0n) is 9.76. The summed E-state index contributed by atoms with van der Waals surface area (Å²) in [4.78, 5) is 11.2. The van der Waals surface area contributed by atoms with E-state index in [9.17, 15) is 4.79 Å². The second kappa shape index (κ2) is 5.75. The predicted molar refractivity (Wildman–Crippen MR) is 66.0 cm³/mol. The maximum atomic E-state index is 11.2. The fraction of sp³-hybridized carbons (Fsp3) is 0.417. The number of ether oxygens (including phenoxy) is 1. The number of benzene rings is 1. The molecule has 0 amide bonds. The zero-order chi connectivity index (χ0) is 12.1. The Hall–Kier alpha value is -1.22. The van der Waals surface area contributed by atoms with Crippen LogP contribution in [0.3, 0.4) is 0 Å². The van der Waals surface area contributed by atoms with Gasteiger partial charge in [-0.05, 0) is 38.0 Å². The van der Waals surface area contributed by atoms with Crippen LogP contribution in [0.1, 0.15) is 18.1 Å². The first-order valence-corrected chi connectivity index (χ1v) is 5.58. The minimum absolute atomic E-state index is 0.136. The number of rotatable bonds is 4. The summed E-state index contributed by atoms with van der Waals surface area (Å²) in [5.41, 5.74) is 2.92. The van der Waals surface area contributed by atoms with Crippen LogP contribution in [0.5, 0.6) is 0 Å². The molecule has 1 aromatic carbocycles. The number of halogens is 1. The zero-order valence-corrected chi connectivity index (χ0v) is 10.5. The van der Waals surface area contributed by atoms with E-state index in [1.54, 1.807) is 6.92 Å². The van der Waals surface area contributed by atoms with Crippen molar-refractivity contribution in [2.24, 2.45) is 0 Å². The van der Waals surface area contributed by atoms with E-state index in [2.05, 4.69) is 5.32 Å². The third-order valence-electron chi connectivity index (χ3n) is 2.15. The van der Waals surface area contributed by atoms with Crippen molar-refractivity contribution in [1.29, 1.82) is 0 Å². The Labute approximate surface area is 101 Å². The lowest BCUT2D eigenvalue weighted by molar-refractivity contribution is -0.140. The highest BCUT2D eigenvalue weighted by atomic mass is 35.5. The van der Waals surface area contributed by atoms with Crippen LogP contribution in [0.4, 0.5) is 5.69 Å². The van der Waals surface area contributed by atoms with E-state index in [0.29, 0.717) is 11.6 Å². The molecule has 0 bridgehead atoms. The van der Waals surface area contributed by atoms with Crippen LogP contribution < -0.4 is 5.32 Å². The topological polar surface area (TPSA) is 38.3 Å². The minimum atomic E-state index is -0.279. The molecule has 0 radical (unpaired) electrons. The standard InChI is InChI=1S/C12H16ClNO2/c1-4-16-11(15)7-14-12-9(3)5-8(2)6-10(12)13/h5-6,14H,4,7H2,1-3H3. The molecule has 3 nitrogen and oxygen atoms in total. The highest BCUT2D eigenvalue weighted by molar-refractivity contribution is 6.33. The molecule has 16 heavy (non-hydrogen) atoms. The van der Waals surface area contributed by atoms with Gasteiger partial charge in [0.2, 0.25) is 0 Å². The third-order valence-corrected chi connectivity index (χ3v) is 2.44. The summed E-state index contributed by atoms with van der Waals surface area (Å²) in [6.07, 6.45) is 0. The van der Waals surface area contributed by atoms with Gasteiger partial charge in [0.05, 0.1) is 17.3 Å². The molecule has 1 rings (SSSR count). The molecule has 1 N–H and O–H groups in total. The average molecular weight is 242 g/mol. The monoisotopic (exact) mass is 241 g/mol. The smallest absolute Gasteiger partial charge is 0.325 e. The first-order valence-electron chi connectivity index (χ1n) is 5.20. The molecule has 0 saturated carbocycles. The van der Waals surface area contributed by atoms with Crippen LogP contribution in [-0.4, -0.2) is 19.1 Å². The van der Waals surface area contributed by atoms with Crippen LogP contribution in [0.2, 0.25) is 5.02 Å². The summed E-state index contributed by atoms with van der Waals surface area (Å²) in [5, 5.41) is 3.61. The first-order chi connectivity index (χ1) is 7.54. The second-order valence-electron chi connectivity index (χ2n) is 3.60. The highest BCUT2D eigenvalue weighted by Crippen LogP contribution is 2.26. The summed E-state index contributed by atoms with van der Waals surface area (Å²) in [5.74, 6) is -0.279. The fourth-order valence-electron chi connectivity index (χ4n) is 1.51. The lowest BCUT2D eigenvalue weighted by Gasteiger charge is -2.11. The quantitative estimate of drug-likeness (QED) is 0.824. The van der Waals surface area contributed by atoms with Crippen LogP contribution in [0.25, 0.3) is 0 Å². The van der Waals surface area contributed by atoms with Crippen LogP contribution in [-0.2, 0) is 9.53 Å². The van der Waals surface area contributed by atoms with E-state index in [1.165, 1.54) is 0 Å². The normalized spacial score (nSPS) is 10.0. The van der Waals surface area contributed by atoms with E-state index in [4.69, 9.17) is 16.3 Å². The number of hydrogen-bond donors (Lipinski definition) is 1. The van der Waals surface area contributed by atoms with Crippen molar-refractivity contribution in [3.63, 3.8) is 0 Å². The van der Waals surface area contributed by atoms with Gasteiger partial charge in [0.25, 0.3) is 0 Å². The van der Waals surface area contributed by atoms with Crippen LogP contribution in [0, 0.1) is 13.8 Å². The van der Waals surface area contributed by atoms with Crippen molar-refractivity contribution in [3.05, 3.63) is 28.3 Å². The van der Waals surface area contributed by atoms with Gasteiger partial charge in [-0.1, -0.05) is 17.7 Å². The molecule has 0 aromatic heterocycles. The van der Waals surface area contributed by atoms with Gasteiger partial charge < -0.3 is 10.1 Å². The molecule has 0 atom stereocenters. The Morgan fingerprint density at radius 2 is 2.12 bits per heavy atom. The van der Waals surface area contributed by atoms with Gasteiger partial charge in [-0.3, -0.25) is 4.79 Å². The van der Waals surface area contributed by atoms with Gasteiger partial charge in [0, 0.05) is 0 Å². The number of esters is 1. The van der Waals surface area contributed by atoms with Crippen molar-refractivity contribution in [2.45, 2.75) is 20.8 Å². The molecule has 0 aliphatic rings. The number of carbonyl (C=O) groups excluding carboxylic acids is 1. The largest absolute Gasteiger partial charge is 0.465 e. The molecule has 1 aromatic rings. The van der Waals surface area contributed by atoms with Crippen LogP contribution >= 0.6 is 11.6 Å². The average Bonchev–Trinajstić information content (AvgIpc) is 2.16. The molecular formula is C12H16ClNO2. The van der Waals surface area contributed by atoms with Crippen molar-refractivity contribution < 1.29 is 9.53 Å². The lowest BCUT2D eigenvalue weighted by atomic mass is 10.1. The van der Waals surface area contributed by atoms with E-state index in [0.717, 1.165) is 16.8 Å². The van der Waals surface area contributed by atoms with Gasteiger partial charge in [-0.25, -0.2) is 0 Å². The van der Waals surface area contributed by atoms with Gasteiger partial charge in [0.1, 0.15) is 6.54 Å². The molecule has 0 spiro atoms. The van der Waals surface area contributed by atoms with Crippen LogP contribution in [0.15, 0.2) is 12.1 Å². The molecule has 0 fully saturated rings. The minimum Gasteiger partial charge on any atom is -0.465 e. The summed E-state index contributed by atoms with van der Waals surface area (Å²) in [6.45, 7) is 6.24. The number of carbonyl (C=O) groups is 1. The van der Waals surface area contributed by atoms with Crippen molar-refractivity contribution >= 4 is 23.3 Å². The molecular weight excluding hydrogens is 226 g/mol. The summed E-state index contributed by atoms with van der Waals surface area (Å²) in [7, 11) is 0. The number of anilines is 1. The van der Waals surface area contributed by atoms with E-state index in [-0.39, 0.29) is 12.5 Å². The van der Waals surface area contributed by atoms with Gasteiger partial charge in [-0.2, -0.15) is 0 Å². The first kappa shape index (κ1) is 12.8. The van der Waals surface area contributed by atoms with Crippen molar-refractivity contribution in [1.82, 2.24) is 0 Å². The molecule has 0 heterocycles. The molecule has 0 aliphatic heterocycles. The molecule has 0 saturated heterocycles. The van der Waals surface area contributed by atoms with Gasteiger partial charge in [0.15, 0.2) is 0 Å². The number of nitrogens with one attached hydrogen (secondary N) is 1. The van der Waals surface area contributed by atoms with Gasteiger partial charge >= 0.3 is 5.97 Å². The number of hydrogen-bond acceptors (Lipinski definition) is 3. The molecule has 4 heteroatoms. The van der Waals surface area contributed by atoms with Crippen molar-refractivity contribution in [2.75, 3.05) is 18.5 Å². The highest BCUT2D eigenvalue weighted by Gasteiger charge is 2.07. The maximum absolute atomic E-state index is 11.2. The molecule has 0 unspecified atom stereocenters. The Balaban J connectivity index is 2.70. The van der Waals surface area contributed by atoms with Gasteiger partial charge in [-0.15, -0.1) is 0 Å². The predicted octanol–water partition coefficient (Wildman–Crippen LogP) is 2.93. The van der Waals surface area contributed by atoms with E-state index < -0.39 is 0 Å². The second-order valence-corrected chi connectivity index (χ2v) is 4.00. The summed E-state index contributed by atoms with van der Waals surface area (Å²) in [6, 6.07) is 3.88. The maximum Gasteiger partial charge on any atom is 0.325 e. The SMILES string of the molecule is CCOC(=O)CNc1c(C)cc(C)cc1Cl. The summed E-state index contributed by atoms with van der Waals surface area (Å²) >= 11 is 6.08. The summed E-state index contributed by atoms with van der Waals surface area (Å²) < 4.78 is 4.82. The fourth-order valence-corrected chi connectivity index (χ4v) is 1.90. The Bertz CT molecular complexity index is 368. The Morgan fingerprint density at radius 1 is 1.44 bits per heavy atom.